The van der Waals surface area contributed by atoms with Crippen LogP contribution in [-0.4, -0.2) is 26.3 Å². The van der Waals surface area contributed by atoms with Crippen LogP contribution in [0.3, 0.4) is 0 Å². The van der Waals surface area contributed by atoms with Gasteiger partial charge in [-0.2, -0.15) is 0 Å². The number of hydrogen-bond acceptors (Lipinski definition) is 2. The lowest BCUT2D eigenvalue weighted by Crippen LogP contribution is -2.28. The normalized spacial score (nSPS) is 15.4. The predicted molar refractivity (Wildman–Crippen MR) is 62.6 cm³/mol. The van der Waals surface area contributed by atoms with Crippen LogP contribution < -0.4 is 5.32 Å². The van der Waals surface area contributed by atoms with Crippen LogP contribution in [0.5, 0.6) is 0 Å². The third kappa shape index (κ3) is 8.52. The summed E-state index contributed by atoms with van der Waals surface area (Å²) >= 11 is 0. The SMILES string of the molecule is CCCNC(C)CC(C)CCCOC. The van der Waals surface area contributed by atoms with Crippen LogP contribution in [0.25, 0.3) is 0 Å². The van der Waals surface area contributed by atoms with E-state index in [0.717, 1.165) is 19.1 Å². The molecule has 86 valence electrons. The highest BCUT2D eigenvalue weighted by atomic mass is 16.5. The lowest BCUT2D eigenvalue weighted by Gasteiger charge is -2.18. The van der Waals surface area contributed by atoms with Crippen molar-refractivity contribution in [1.29, 1.82) is 0 Å². The Labute approximate surface area is 89.4 Å². The molecule has 2 atom stereocenters. The van der Waals surface area contributed by atoms with Crippen LogP contribution in [0.1, 0.15) is 46.5 Å². The van der Waals surface area contributed by atoms with Gasteiger partial charge in [0, 0.05) is 19.8 Å². The maximum Gasteiger partial charge on any atom is 0.0462 e. The largest absolute Gasteiger partial charge is 0.385 e. The molecule has 0 amide bonds. The molecule has 0 aliphatic carbocycles. The summed E-state index contributed by atoms with van der Waals surface area (Å²) < 4.78 is 5.05. The van der Waals surface area contributed by atoms with Gasteiger partial charge in [-0.05, 0) is 45.1 Å². The number of nitrogens with one attached hydrogen (secondary N) is 1. The maximum absolute atomic E-state index is 5.05. The topological polar surface area (TPSA) is 21.3 Å². The second-order valence-corrected chi connectivity index (χ2v) is 4.33. The fourth-order valence-electron chi connectivity index (χ4n) is 1.77. The Hall–Kier alpha value is -0.0800. The van der Waals surface area contributed by atoms with E-state index in [4.69, 9.17) is 4.74 Å². The molecule has 2 unspecified atom stereocenters. The fraction of sp³-hybridized carbons (Fsp3) is 1.00. The molecule has 2 nitrogen and oxygen atoms in total. The minimum atomic E-state index is 0.660. The van der Waals surface area contributed by atoms with Gasteiger partial charge in [-0.15, -0.1) is 0 Å². The van der Waals surface area contributed by atoms with E-state index in [1.165, 1.54) is 25.7 Å². The van der Waals surface area contributed by atoms with Gasteiger partial charge in [0.2, 0.25) is 0 Å². The summed E-state index contributed by atoms with van der Waals surface area (Å²) in [6.07, 6.45) is 4.98. The van der Waals surface area contributed by atoms with Gasteiger partial charge in [0.25, 0.3) is 0 Å². The summed E-state index contributed by atoms with van der Waals surface area (Å²) in [5, 5.41) is 3.52. The Morgan fingerprint density at radius 2 is 2.00 bits per heavy atom. The van der Waals surface area contributed by atoms with Crippen molar-refractivity contribution in [3.05, 3.63) is 0 Å². The Kier molecular flexibility index (Phi) is 9.42. The molecule has 0 spiro atoms. The van der Waals surface area contributed by atoms with E-state index in [0.29, 0.717) is 6.04 Å². The molecule has 0 saturated carbocycles. The van der Waals surface area contributed by atoms with Gasteiger partial charge < -0.3 is 10.1 Å². The maximum atomic E-state index is 5.05. The number of ether oxygens (including phenoxy) is 1. The van der Waals surface area contributed by atoms with Gasteiger partial charge in [-0.25, -0.2) is 0 Å². The monoisotopic (exact) mass is 201 g/mol. The number of hydrogen-bond donors (Lipinski definition) is 1. The highest BCUT2D eigenvalue weighted by Gasteiger charge is 2.07. The van der Waals surface area contributed by atoms with E-state index in [1.54, 1.807) is 7.11 Å². The molecule has 0 rings (SSSR count). The first kappa shape index (κ1) is 13.9. The van der Waals surface area contributed by atoms with Crippen LogP contribution in [0.4, 0.5) is 0 Å². The smallest absolute Gasteiger partial charge is 0.0462 e. The molecule has 1 N–H and O–H groups in total. The summed E-state index contributed by atoms with van der Waals surface area (Å²) in [4.78, 5) is 0. The second-order valence-electron chi connectivity index (χ2n) is 4.33. The molecule has 0 heterocycles. The Morgan fingerprint density at radius 1 is 1.29 bits per heavy atom. The summed E-state index contributed by atoms with van der Waals surface area (Å²) in [6.45, 7) is 8.87. The quantitative estimate of drug-likeness (QED) is 0.579. The van der Waals surface area contributed by atoms with E-state index < -0.39 is 0 Å². The number of rotatable bonds is 9. The van der Waals surface area contributed by atoms with E-state index in [2.05, 4.69) is 26.1 Å². The standard InChI is InChI=1S/C12H27NO/c1-5-8-13-12(3)10-11(2)7-6-9-14-4/h11-13H,5-10H2,1-4H3. The molecule has 0 fully saturated rings. The van der Waals surface area contributed by atoms with Gasteiger partial charge in [0.05, 0.1) is 0 Å². The van der Waals surface area contributed by atoms with Crippen LogP contribution in [0, 0.1) is 5.92 Å². The average molecular weight is 201 g/mol. The zero-order valence-electron chi connectivity index (χ0n) is 10.3. The first-order valence-electron chi connectivity index (χ1n) is 5.93. The van der Waals surface area contributed by atoms with Crippen LogP contribution in [-0.2, 0) is 4.74 Å². The zero-order chi connectivity index (χ0) is 10.8. The van der Waals surface area contributed by atoms with E-state index >= 15 is 0 Å². The first-order chi connectivity index (χ1) is 6.70. The Morgan fingerprint density at radius 3 is 2.57 bits per heavy atom. The minimum absolute atomic E-state index is 0.660. The van der Waals surface area contributed by atoms with Gasteiger partial charge in [0.1, 0.15) is 0 Å². The molecule has 0 aromatic rings. The van der Waals surface area contributed by atoms with Crippen molar-refractivity contribution in [2.45, 2.75) is 52.5 Å². The highest BCUT2D eigenvalue weighted by molar-refractivity contribution is 4.64. The van der Waals surface area contributed by atoms with Crippen molar-refractivity contribution in [1.82, 2.24) is 5.32 Å². The zero-order valence-corrected chi connectivity index (χ0v) is 10.3. The van der Waals surface area contributed by atoms with E-state index in [-0.39, 0.29) is 0 Å². The summed E-state index contributed by atoms with van der Waals surface area (Å²) in [6, 6.07) is 0.660. The first-order valence-corrected chi connectivity index (χ1v) is 5.93. The van der Waals surface area contributed by atoms with Crippen molar-refractivity contribution < 1.29 is 4.74 Å². The van der Waals surface area contributed by atoms with Crippen molar-refractivity contribution in [2.24, 2.45) is 5.92 Å². The molecule has 0 aliphatic heterocycles. The second kappa shape index (κ2) is 9.47. The summed E-state index contributed by atoms with van der Waals surface area (Å²) in [5.74, 6) is 0.810. The molecular weight excluding hydrogens is 174 g/mol. The van der Waals surface area contributed by atoms with Crippen molar-refractivity contribution in [3.8, 4) is 0 Å². The van der Waals surface area contributed by atoms with Crippen LogP contribution in [0.2, 0.25) is 0 Å². The van der Waals surface area contributed by atoms with Gasteiger partial charge >= 0.3 is 0 Å². The van der Waals surface area contributed by atoms with Gasteiger partial charge in [0.15, 0.2) is 0 Å². The third-order valence-corrected chi connectivity index (χ3v) is 2.54. The van der Waals surface area contributed by atoms with Crippen molar-refractivity contribution >= 4 is 0 Å². The number of methoxy groups -OCH3 is 1. The average Bonchev–Trinajstić information content (AvgIpc) is 2.15. The highest BCUT2D eigenvalue weighted by Crippen LogP contribution is 2.12. The molecule has 0 aliphatic rings. The van der Waals surface area contributed by atoms with Gasteiger partial charge in [-0.3, -0.25) is 0 Å². The third-order valence-electron chi connectivity index (χ3n) is 2.54. The Bertz CT molecular complexity index is 117. The summed E-state index contributed by atoms with van der Waals surface area (Å²) in [7, 11) is 1.77. The molecule has 0 saturated heterocycles. The molecular formula is C12H27NO. The van der Waals surface area contributed by atoms with Crippen molar-refractivity contribution in [3.63, 3.8) is 0 Å². The minimum Gasteiger partial charge on any atom is -0.385 e. The molecule has 14 heavy (non-hydrogen) atoms. The lowest BCUT2D eigenvalue weighted by molar-refractivity contribution is 0.186. The molecule has 0 bridgehead atoms. The van der Waals surface area contributed by atoms with Crippen molar-refractivity contribution in [2.75, 3.05) is 20.3 Å². The van der Waals surface area contributed by atoms with Crippen LogP contribution in [0.15, 0.2) is 0 Å². The predicted octanol–water partition coefficient (Wildman–Crippen LogP) is 2.83. The molecule has 0 radical (unpaired) electrons. The Balaban J connectivity index is 3.35. The fourth-order valence-corrected chi connectivity index (χ4v) is 1.77. The summed E-state index contributed by atoms with van der Waals surface area (Å²) in [5.41, 5.74) is 0. The van der Waals surface area contributed by atoms with Gasteiger partial charge in [-0.1, -0.05) is 13.8 Å². The molecule has 2 heteroatoms. The van der Waals surface area contributed by atoms with Crippen LogP contribution >= 0.6 is 0 Å². The molecule has 0 aromatic heterocycles. The lowest BCUT2D eigenvalue weighted by atomic mass is 9.98. The van der Waals surface area contributed by atoms with E-state index in [1.807, 2.05) is 0 Å². The molecule has 0 aromatic carbocycles. The van der Waals surface area contributed by atoms with E-state index in [9.17, 15) is 0 Å².